The fourth-order valence-corrected chi connectivity index (χ4v) is 1.90. The molecule has 0 spiro atoms. The van der Waals surface area contributed by atoms with Crippen molar-refractivity contribution in [1.82, 2.24) is 14.8 Å². The van der Waals surface area contributed by atoms with Crippen LogP contribution < -0.4 is 0 Å². The van der Waals surface area contributed by atoms with Gasteiger partial charge in [0.2, 0.25) is 0 Å². The Hall–Kier alpha value is -0.510. The minimum Gasteiger partial charge on any atom is -0.314 e. The second-order valence-electron chi connectivity index (χ2n) is 3.15. The van der Waals surface area contributed by atoms with E-state index in [9.17, 15) is 0 Å². The first-order valence-electron chi connectivity index (χ1n) is 4.43. The van der Waals surface area contributed by atoms with E-state index in [1.54, 1.807) is 0 Å². The number of aryl methyl sites for hydroxylation is 1. The van der Waals surface area contributed by atoms with Gasteiger partial charge in [0.1, 0.15) is 11.6 Å². The first kappa shape index (κ1) is 8.10. The fourth-order valence-electron chi connectivity index (χ4n) is 1.66. The molecule has 0 saturated carbocycles. The molecule has 0 bridgehead atoms. The van der Waals surface area contributed by atoms with Crippen molar-refractivity contribution in [2.45, 2.75) is 38.0 Å². The van der Waals surface area contributed by atoms with E-state index in [2.05, 4.69) is 27.4 Å². The van der Waals surface area contributed by atoms with Gasteiger partial charge in [0.15, 0.2) is 0 Å². The standard InChI is InChI=1S/C8H13N3S/c12-6-8-10-9-7-4-2-1-3-5-11(7)8/h12H,1-6H2. The average Bonchev–Trinajstić information content (AvgIpc) is 2.33. The molecule has 12 heavy (non-hydrogen) atoms. The predicted octanol–water partition coefficient (Wildman–Crippen LogP) is 1.43. The zero-order valence-electron chi connectivity index (χ0n) is 7.03. The second-order valence-corrected chi connectivity index (χ2v) is 3.47. The van der Waals surface area contributed by atoms with Crippen LogP contribution in [0.3, 0.4) is 0 Å². The summed E-state index contributed by atoms with van der Waals surface area (Å²) in [6, 6.07) is 0. The summed E-state index contributed by atoms with van der Waals surface area (Å²) < 4.78 is 2.22. The highest BCUT2D eigenvalue weighted by Gasteiger charge is 2.12. The minimum absolute atomic E-state index is 0.701. The van der Waals surface area contributed by atoms with Crippen LogP contribution in [0.2, 0.25) is 0 Å². The molecule has 3 nitrogen and oxygen atoms in total. The van der Waals surface area contributed by atoms with Crippen molar-refractivity contribution in [2.24, 2.45) is 0 Å². The molecule has 2 heterocycles. The van der Waals surface area contributed by atoms with E-state index >= 15 is 0 Å². The molecule has 4 heteroatoms. The molecule has 0 unspecified atom stereocenters. The van der Waals surface area contributed by atoms with Gasteiger partial charge in [0.05, 0.1) is 5.75 Å². The summed E-state index contributed by atoms with van der Waals surface area (Å²) in [4.78, 5) is 0. The smallest absolute Gasteiger partial charge is 0.142 e. The molecule has 2 rings (SSSR count). The topological polar surface area (TPSA) is 30.7 Å². The Morgan fingerprint density at radius 2 is 2.17 bits per heavy atom. The fraction of sp³-hybridized carbons (Fsp3) is 0.750. The zero-order chi connectivity index (χ0) is 8.39. The van der Waals surface area contributed by atoms with Crippen molar-refractivity contribution in [3.05, 3.63) is 11.6 Å². The number of aromatic nitrogens is 3. The van der Waals surface area contributed by atoms with E-state index in [0.717, 1.165) is 24.6 Å². The normalized spacial score (nSPS) is 17.1. The van der Waals surface area contributed by atoms with Crippen molar-refractivity contribution < 1.29 is 0 Å². The Morgan fingerprint density at radius 1 is 1.25 bits per heavy atom. The Bertz CT molecular complexity index is 269. The summed E-state index contributed by atoms with van der Waals surface area (Å²) in [5, 5.41) is 8.25. The maximum atomic E-state index is 4.22. The Labute approximate surface area is 77.6 Å². The van der Waals surface area contributed by atoms with E-state index in [1.807, 2.05) is 0 Å². The SMILES string of the molecule is SCc1nnc2n1CCCCC2. The number of thiol groups is 1. The summed E-state index contributed by atoms with van der Waals surface area (Å²) >= 11 is 4.22. The first-order valence-corrected chi connectivity index (χ1v) is 5.07. The Balaban J connectivity index is 2.32. The van der Waals surface area contributed by atoms with Gasteiger partial charge in [-0.3, -0.25) is 0 Å². The van der Waals surface area contributed by atoms with E-state index in [0.29, 0.717) is 5.75 Å². The van der Waals surface area contributed by atoms with Crippen LogP contribution in [-0.4, -0.2) is 14.8 Å². The lowest BCUT2D eigenvalue weighted by Crippen LogP contribution is -2.04. The van der Waals surface area contributed by atoms with Gasteiger partial charge in [-0.05, 0) is 12.8 Å². The summed E-state index contributed by atoms with van der Waals surface area (Å²) in [5.74, 6) is 2.87. The van der Waals surface area contributed by atoms with Crippen LogP contribution >= 0.6 is 12.6 Å². The van der Waals surface area contributed by atoms with Gasteiger partial charge >= 0.3 is 0 Å². The maximum absolute atomic E-state index is 4.22. The van der Waals surface area contributed by atoms with Crippen molar-refractivity contribution >= 4 is 12.6 Å². The summed E-state index contributed by atoms with van der Waals surface area (Å²) in [5.41, 5.74) is 0. The lowest BCUT2D eigenvalue weighted by Gasteiger charge is -2.03. The maximum Gasteiger partial charge on any atom is 0.142 e. The van der Waals surface area contributed by atoms with Crippen LogP contribution in [0.4, 0.5) is 0 Å². The molecule has 0 N–H and O–H groups in total. The van der Waals surface area contributed by atoms with E-state index < -0.39 is 0 Å². The molecule has 0 radical (unpaired) electrons. The number of rotatable bonds is 1. The molecule has 0 fully saturated rings. The van der Waals surface area contributed by atoms with Crippen LogP contribution in [0.15, 0.2) is 0 Å². The largest absolute Gasteiger partial charge is 0.314 e. The van der Waals surface area contributed by atoms with E-state index in [4.69, 9.17) is 0 Å². The lowest BCUT2D eigenvalue weighted by molar-refractivity contribution is 0.617. The zero-order valence-corrected chi connectivity index (χ0v) is 7.93. The first-order chi connectivity index (χ1) is 5.92. The van der Waals surface area contributed by atoms with Crippen LogP contribution in [-0.2, 0) is 18.7 Å². The molecule has 0 aliphatic carbocycles. The van der Waals surface area contributed by atoms with Gasteiger partial charge in [0.25, 0.3) is 0 Å². The van der Waals surface area contributed by atoms with Gasteiger partial charge in [-0.15, -0.1) is 10.2 Å². The molecule has 1 aliphatic rings. The third-order valence-corrected chi connectivity index (χ3v) is 2.61. The van der Waals surface area contributed by atoms with Gasteiger partial charge in [-0.1, -0.05) is 6.42 Å². The second kappa shape index (κ2) is 3.47. The molecular formula is C8H13N3S. The van der Waals surface area contributed by atoms with Crippen LogP contribution in [0.1, 0.15) is 30.9 Å². The third-order valence-electron chi connectivity index (χ3n) is 2.33. The predicted molar refractivity (Wildman–Crippen MR) is 50.3 cm³/mol. The van der Waals surface area contributed by atoms with Crippen molar-refractivity contribution in [1.29, 1.82) is 0 Å². The molecule has 0 aromatic carbocycles. The van der Waals surface area contributed by atoms with Gasteiger partial charge in [-0.2, -0.15) is 12.6 Å². The molecule has 0 amide bonds. The van der Waals surface area contributed by atoms with E-state index in [-0.39, 0.29) is 0 Å². The lowest BCUT2D eigenvalue weighted by atomic mass is 10.2. The summed E-state index contributed by atoms with van der Waals surface area (Å²) in [6.45, 7) is 1.08. The Kier molecular flexibility index (Phi) is 2.35. The molecule has 0 atom stereocenters. The van der Waals surface area contributed by atoms with Gasteiger partial charge < -0.3 is 4.57 Å². The van der Waals surface area contributed by atoms with Crippen LogP contribution in [0.25, 0.3) is 0 Å². The quantitative estimate of drug-likeness (QED) is 0.668. The number of hydrogen-bond donors (Lipinski definition) is 1. The van der Waals surface area contributed by atoms with Gasteiger partial charge in [0, 0.05) is 13.0 Å². The minimum atomic E-state index is 0.701. The molecule has 0 saturated heterocycles. The summed E-state index contributed by atoms with van der Waals surface area (Å²) in [7, 11) is 0. The number of nitrogens with zero attached hydrogens (tertiary/aromatic N) is 3. The molecule has 1 aromatic rings. The highest BCUT2D eigenvalue weighted by Crippen LogP contribution is 2.14. The van der Waals surface area contributed by atoms with Crippen LogP contribution in [0, 0.1) is 0 Å². The molecule has 1 aliphatic heterocycles. The average molecular weight is 183 g/mol. The Morgan fingerprint density at radius 3 is 3.00 bits per heavy atom. The van der Waals surface area contributed by atoms with Crippen molar-refractivity contribution in [3.63, 3.8) is 0 Å². The van der Waals surface area contributed by atoms with Crippen molar-refractivity contribution in [2.75, 3.05) is 0 Å². The highest BCUT2D eigenvalue weighted by molar-refractivity contribution is 7.79. The number of hydrogen-bond acceptors (Lipinski definition) is 3. The van der Waals surface area contributed by atoms with Gasteiger partial charge in [-0.25, -0.2) is 0 Å². The molecular weight excluding hydrogens is 170 g/mol. The van der Waals surface area contributed by atoms with Crippen molar-refractivity contribution in [3.8, 4) is 0 Å². The highest BCUT2D eigenvalue weighted by atomic mass is 32.1. The van der Waals surface area contributed by atoms with Crippen LogP contribution in [0.5, 0.6) is 0 Å². The monoisotopic (exact) mass is 183 g/mol. The molecule has 66 valence electrons. The number of fused-ring (bicyclic) bond motifs is 1. The third kappa shape index (κ3) is 1.35. The summed E-state index contributed by atoms with van der Waals surface area (Å²) in [6.07, 6.45) is 4.91. The van der Waals surface area contributed by atoms with E-state index in [1.165, 1.54) is 19.3 Å². The molecule has 1 aromatic heterocycles.